The van der Waals surface area contributed by atoms with Crippen LogP contribution in [0.3, 0.4) is 0 Å². The van der Waals surface area contributed by atoms with Gasteiger partial charge in [0, 0.05) is 6.07 Å². The molecule has 5 rings (SSSR count). The maximum atomic E-state index is 13.3. The van der Waals surface area contributed by atoms with Crippen molar-refractivity contribution in [2.24, 2.45) is 0 Å². The number of carbonyl (C=O) groups is 3. The van der Waals surface area contributed by atoms with Crippen LogP contribution in [0.5, 0.6) is 17.2 Å². The maximum Gasteiger partial charge on any atom is 0.416 e. The lowest BCUT2D eigenvalue weighted by atomic mass is 10.1. The van der Waals surface area contributed by atoms with E-state index in [2.05, 4.69) is 21.2 Å². The molecule has 228 valence electrons. The first-order chi connectivity index (χ1) is 21.4. The standard InChI is InChI=1S/C31H19BrF3N3O7/c32-24-15-19(6-12-26(24)45-27-13-7-20(31(33,34)35)16-25(27)38(42)43)14-23-28(39)36-30(41)37(29(23)40)21-8-10-22(11-9-21)44-17-18-4-2-1-3-5-18/h1-16H,17H2,(H,36,39,41)/b23-14+. The molecule has 1 heterocycles. The number of urea groups is 1. The summed E-state index contributed by atoms with van der Waals surface area (Å²) in [5, 5.41) is 13.5. The third-order valence-corrected chi connectivity index (χ3v) is 7.03. The molecule has 1 aliphatic rings. The average molecular weight is 682 g/mol. The van der Waals surface area contributed by atoms with Gasteiger partial charge in [0.05, 0.1) is 20.6 Å². The van der Waals surface area contributed by atoms with E-state index >= 15 is 0 Å². The summed E-state index contributed by atoms with van der Waals surface area (Å²) in [6.07, 6.45) is -3.56. The van der Waals surface area contributed by atoms with Crippen molar-refractivity contribution in [3.05, 3.63) is 128 Å². The number of nitrogens with one attached hydrogen (secondary N) is 1. The number of hydrogen-bond acceptors (Lipinski definition) is 7. The fraction of sp³-hybridized carbons (Fsp3) is 0.0645. The molecule has 0 aliphatic carbocycles. The second-order valence-corrected chi connectivity index (χ2v) is 10.3. The highest BCUT2D eigenvalue weighted by atomic mass is 79.9. The zero-order valence-corrected chi connectivity index (χ0v) is 24.3. The van der Waals surface area contributed by atoms with Gasteiger partial charge in [-0.2, -0.15) is 13.2 Å². The molecule has 0 spiro atoms. The third-order valence-electron chi connectivity index (χ3n) is 6.41. The van der Waals surface area contributed by atoms with Gasteiger partial charge in [0.15, 0.2) is 0 Å². The van der Waals surface area contributed by atoms with Crippen LogP contribution in [0.2, 0.25) is 0 Å². The van der Waals surface area contributed by atoms with Crippen molar-refractivity contribution in [2.75, 3.05) is 4.90 Å². The van der Waals surface area contributed by atoms with Gasteiger partial charge >= 0.3 is 17.9 Å². The van der Waals surface area contributed by atoms with Crippen molar-refractivity contribution in [1.82, 2.24) is 5.32 Å². The number of nitrogens with zero attached hydrogens (tertiary/aromatic N) is 2. The van der Waals surface area contributed by atoms with Crippen molar-refractivity contribution >= 4 is 51.2 Å². The number of nitro benzene ring substituents is 1. The van der Waals surface area contributed by atoms with Crippen LogP contribution in [0.1, 0.15) is 16.7 Å². The molecule has 0 aromatic heterocycles. The molecule has 1 N–H and O–H groups in total. The predicted molar refractivity (Wildman–Crippen MR) is 159 cm³/mol. The smallest absolute Gasteiger partial charge is 0.416 e. The Bertz CT molecular complexity index is 1850. The lowest BCUT2D eigenvalue weighted by molar-refractivity contribution is -0.385. The van der Waals surface area contributed by atoms with E-state index in [1.807, 2.05) is 30.3 Å². The number of carbonyl (C=O) groups excluding carboxylic acids is 3. The van der Waals surface area contributed by atoms with E-state index in [9.17, 15) is 37.7 Å². The Morgan fingerprint density at radius 2 is 1.60 bits per heavy atom. The Labute approximate surface area is 261 Å². The lowest BCUT2D eigenvalue weighted by Crippen LogP contribution is -2.54. The van der Waals surface area contributed by atoms with Gasteiger partial charge in [0.2, 0.25) is 5.75 Å². The average Bonchev–Trinajstić information content (AvgIpc) is 3.00. The Kier molecular flexibility index (Phi) is 8.68. The monoisotopic (exact) mass is 681 g/mol. The van der Waals surface area contributed by atoms with E-state index in [1.54, 1.807) is 12.1 Å². The zero-order chi connectivity index (χ0) is 32.3. The first-order valence-electron chi connectivity index (χ1n) is 12.9. The van der Waals surface area contributed by atoms with Gasteiger partial charge in [-0.15, -0.1) is 0 Å². The Morgan fingerprint density at radius 1 is 0.911 bits per heavy atom. The van der Waals surface area contributed by atoms with Crippen LogP contribution in [0.25, 0.3) is 6.08 Å². The number of alkyl halides is 3. The molecule has 0 bridgehead atoms. The largest absolute Gasteiger partial charge is 0.489 e. The number of nitro groups is 1. The number of imide groups is 2. The molecular formula is C31H19BrF3N3O7. The molecule has 45 heavy (non-hydrogen) atoms. The molecular weight excluding hydrogens is 663 g/mol. The second kappa shape index (κ2) is 12.6. The molecule has 1 saturated heterocycles. The first-order valence-corrected chi connectivity index (χ1v) is 13.7. The highest BCUT2D eigenvalue weighted by Crippen LogP contribution is 2.40. The van der Waals surface area contributed by atoms with E-state index in [-0.39, 0.29) is 21.5 Å². The van der Waals surface area contributed by atoms with Gasteiger partial charge in [-0.1, -0.05) is 36.4 Å². The normalized spacial score (nSPS) is 14.4. The molecule has 4 aromatic rings. The number of hydrogen-bond donors (Lipinski definition) is 1. The summed E-state index contributed by atoms with van der Waals surface area (Å²) in [5.41, 5.74) is -1.03. The Balaban J connectivity index is 1.34. The van der Waals surface area contributed by atoms with Crippen LogP contribution in [0.15, 0.2) is 101 Å². The SMILES string of the molecule is O=C1NC(=O)N(c2ccc(OCc3ccccc3)cc2)C(=O)/C1=C/c1ccc(Oc2ccc(C(F)(F)F)cc2[N+](=O)[O-])c(Br)c1. The summed E-state index contributed by atoms with van der Waals surface area (Å²) in [4.78, 5) is 49.7. The van der Waals surface area contributed by atoms with Crippen molar-refractivity contribution in [2.45, 2.75) is 12.8 Å². The number of barbiturate groups is 1. The Hall–Kier alpha value is -5.50. The number of benzene rings is 4. The summed E-state index contributed by atoms with van der Waals surface area (Å²) in [5.74, 6) is -1.76. The van der Waals surface area contributed by atoms with Gasteiger partial charge in [-0.25, -0.2) is 9.69 Å². The molecule has 0 atom stereocenters. The number of ether oxygens (including phenoxy) is 2. The molecule has 10 nitrogen and oxygen atoms in total. The van der Waals surface area contributed by atoms with Crippen molar-refractivity contribution in [3.63, 3.8) is 0 Å². The first kappa shape index (κ1) is 30.9. The van der Waals surface area contributed by atoms with Crippen molar-refractivity contribution in [1.29, 1.82) is 0 Å². The van der Waals surface area contributed by atoms with Crippen molar-refractivity contribution < 1.29 is 42.0 Å². The van der Waals surface area contributed by atoms with Crippen molar-refractivity contribution in [3.8, 4) is 17.2 Å². The van der Waals surface area contributed by atoms with Gasteiger partial charge in [-0.3, -0.25) is 25.0 Å². The molecule has 0 radical (unpaired) electrons. The second-order valence-electron chi connectivity index (χ2n) is 9.46. The lowest BCUT2D eigenvalue weighted by Gasteiger charge is -2.26. The topological polar surface area (TPSA) is 128 Å². The van der Waals surface area contributed by atoms with Crippen LogP contribution < -0.4 is 19.7 Å². The summed E-state index contributed by atoms with van der Waals surface area (Å²) in [6, 6.07) is 20.7. The van der Waals surface area contributed by atoms with Crippen LogP contribution in [0, 0.1) is 10.1 Å². The van der Waals surface area contributed by atoms with Gasteiger partial charge in [0.25, 0.3) is 11.8 Å². The zero-order valence-electron chi connectivity index (χ0n) is 22.7. The predicted octanol–water partition coefficient (Wildman–Crippen LogP) is 7.41. The fourth-order valence-corrected chi connectivity index (χ4v) is 4.70. The molecule has 4 amide bonds. The molecule has 0 saturated carbocycles. The van der Waals surface area contributed by atoms with Crippen LogP contribution in [-0.2, 0) is 22.4 Å². The summed E-state index contributed by atoms with van der Waals surface area (Å²) in [7, 11) is 0. The van der Waals surface area contributed by atoms with Crippen LogP contribution in [-0.4, -0.2) is 22.8 Å². The number of amides is 4. The van der Waals surface area contributed by atoms with E-state index in [0.717, 1.165) is 16.5 Å². The molecule has 14 heteroatoms. The molecule has 1 aliphatic heterocycles. The number of halogens is 4. The summed E-state index contributed by atoms with van der Waals surface area (Å²) >= 11 is 3.23. The molecule has 0 unspecified atom stereocenters. The summed E-state index contributed by atoms with van der Waals surface area (Å²) in [6.45, 7) is 0.311. The minimum atomic E-state index is -4.79. The highest BCUT2D eigenvalue weighted by Gasteiger charge is 2.37. The van der Waals surface area contributed by atoms with Gasteiger partial charge < -0.3 is 9.47 Å². The highest BCUT2D eigenvalue weighted by molar-refractivity contribution is 9.10. The fourth-order valence-electron chi connectivity index (χ4n) is 4.22. The molecule has 4 aromatic carbocycles. The van der Waals surface area contributed by atoms with E-state index < -0.39 is 45.9 Å². The van der Waals surface area contributed by atoms with Gasteiger partial charge in [-0.05, 0) is 81.7 Å². The number of rotatable bonds is 8. The van der Waals surface area contributed by atoms with E-state index in [0.29, 0.717) is 30.1 Å². The molecule has 1 fully saturated rings. The van der Waals surface area contributed by atoms with Gasteiger partial charge in [0.1, 0.15) is 23.7 Å². The minimum Gasteiger partial charge on any atom is -0.489 e. The van der Waals surface area contributed by atoms with Crippen LogP contribution >= 0.6 is 15.9 Å². The van der Waals surface area contributed by atoms with E-state index in [1.165, 1.54) is 36.4 Å². The summed E-state index contributed by atoms with van der Waals surface area (Å²) < 4.78 is 50.5. The maximum absolute atomic E-state index is 13.3. The minimum absolute atomic E-state index is 0.00538. The third kappa shape index (κ3) is 7.02. The number of anilines is 1. The quantitative estimate of drug-likeness (QED) is 0.0887. The van der Waals surface area contributed by atoms with E-state index in [4.69, 9.17) is 9.47 Å². The Morgan fingerprint density at radius 3 is 2.24 bits per heavy atom. The van der Waals surface area contributed by atoms with Crippen LogP contribution in [0.4, 0.5) is 29.3 Å².